The van der Waals surface area contributed by atoms with Crippen LogP contribution in [-0.2, 0) is 6.42 Å². The molecule has 3 heteroatoms. The molecule has 0 heterocycles. The van der Waals surface area contributed by atoms with Crippen molar-refractivity contribution in [2.75, 3.05) is 0 Å². The Labute approximate surface area is 100 Å². The van der Waals surface area contributed by atoms with Crippen molar-refractivity contribution in [3.63, 3.8) is 0 Å². The molecule has 0 aliphatic carbocycles. The number of benzene rings is 1. The van der Waals surface area contributed by atoms with Crippen molar-refractivity contribution in [1.82, 2.24) is 0 Å². The Morgan fingerprint density at radius 3 is 1.86 bits per heavy atom. The maximum absolute atomic E-state index is 6.21. The smallest absolute Gasteiger partial charge is 0.0639 e. The lowest BCUT2D eigenvalue weighted by atomic mass is 10.0. The second-order valence-corrected chi connectivity index (χ2v) is 4.55. The molecule has 14 heavy (non-hydrogen) atoms. The Bertz CT molecular complexity index is 327. The maximum atomic E-state index is 6.21. The predicted molar refractivity (Wildman–Crippen MR) is 64.9 cm³/mol. The van der Waals surface area contributed by atoms with Gasteiger partial charge in [0.15, 0.2) is 0 Å². The van der Waals surface area contributed by atoms with Gasteiger partial charge in [-0.05, 0) is 37.0 Å². The van der Waals surface area contributed by atoms with Crippen molar-refractivity contribution in [1.29, 1.82) is 0 Å². The van der Waals surface area contributed by atoms with Crippen LogP contribution in [0.5, 0.6) is 0 Å². The monoisotopic (exact) mass is 250 g/mol. The van der Waals surface area contributed by atoms with Crippen LogP contribution in [0.4, 0.5) is 0 Å². The summed E-state index contributed by atoms with van der Waals surface area (Å²) in [4.78, 5) is 0. The van der Waals surface area contributed by atoms with Crippen molar-refractivity contribution in [2.24, 2.45) is 0 Å². The Morgan fingerprint density at radius 2 is 1.36 bits per heavy atom. The van der Waals surface area contributed by atoms with Crippen LogP contribution in [-0.4, -0.2) is 0 Å². The molecule has 0 atom stereocenters. The highest BCUT2D eigenvalue weighted by molar-refractivity contribution is 6.44. The predicted octanol–water partition coefficient (Wildman–Crippen LogP) is 5.22. The average molecular weight is 252 g/mol. The van der Waals surface area contributed by atoms with Gasteiger partial charge in [0.05, 0.1) is 10.0 Å². The molecular formula is C11H13Cl3. The molecule has 0 nitrogen and oxygen atoms in total. The van der Waals surface area contributed by atoms with Crippen molar-refractivity contribution >= 4 is 34.8 Å². The van der Waals surface area contributed by atoms with Gasteiger partial charge in [-0.1, -0.05) is 48.1 Å². The SMILES string of the molecule is CCCc1c(C)c(Cl)c(Cl)c(C)c1Cl. The molecule has 0 aromatic heterocycles. The van der Waals surface area contributed by atoms with Gasteiger partial charge in [-0.2, -0.15) is 0 Å². The molecule has 0 radical (unpaired) electrons. The summed E-state index contributed by atoms with van der Waals surface area (Å²) in [5, 5.41) is 1.98. The van der Waals surface area contributed by atoms with Crippen LogP contribution in [0.1, 0.15) is 30.0 Å². The first-order valence-electron chi connectivity index (χ1n) is 4.63. The molecule has 0 unspecified atom stereocenters. The van der Waals surface area contributed by atoms with Crippen molar-refractivity contribution in [3.8, 4) is 0 Å². The molecule has 0 aliphatic rings. The number of halogens is 3. The molecule has 1 aromatic carbocycles. The quantitative estimate of drug-likeness (QED) is 0.633. The standard InChI is InChI=1S/C11H13Cl3/c1-4-5-8-6(2)10(13)11(14)7(3)9(8)12/h4-5H2,1-3H3. The van der Waals surface area contributed by atoms with E-state index in [4.69, 9.17) is 34.8 Å². The Morgan fingerprint density at radius 1 is 0.857 bits per heavy atom. The summed E-state index contributed by atoms with van der Waals surface area (Å²) in [6.45, 7) is 5.98. The Hall–Kier alpha value is 0.0900. The zero-order valence-corrected chi connectivity index (χ0v) is 10.8. The van der Waals surface area contributed by atoms with E-state index >= 15 is 0 Å². The Kier molecular flexibility index (Phi) is 4.12. The molecule has 78 valence electrons. The molecule has 0 fully saturated rings. The molecule has 0 amide bonds. The van der Waals surface area contributed by atoms with E-state index in [0.717, 1.165) is 34.6 Å². The van der Waals surface area contributed by atoms with E-state index in [9.17, 15) is 0 Å². The minimum atomic E-state index is 0.578. The largest absolute Gasteiger partial charge is 0.0837 e. The molecular weight excluding hydrogens is 238 g/mol. The summed E-state index contributed by atoms with van der Waals surface area (Å²) in [5.41, 5.74) is 3.02. The van der Waals surface area contributed by atoms with Gasteiger partial charge in [0.2, 0.25) is 0 Å². The van der Waals surface area contributed by atoms with Gasteiger partial charge in [0.25, 0.3) is 0 Å². The van der Waals surface area contributed by atoms with Gasteiger partial charge in [0.1, 0.15) is 0 Å². The second-order valence-electron chi connectivity index (χ2n) is 3.42. The van der Waals surface area contributed by atoms with Gasteiger partial charge < -0.3 is 0 Å². The van der Waals surface area contributed by atoms with Crippen LogP contribution in [0.3, 0.4) is 0 Å². The molecule has 0 aliphatic heterocycles. The average Bonchev–Trinajstić information content (AvgIpc) is 2.19. The van der Waals surface area contributed by atoms with Crippen molar-refractivity contribution in [2.45, 2.75) is 33.6 Å². The molecule has 0 saturated carbocycles. The number of hydrogen-bond acceptors (Lipinski definition) is 0. The number of hydrogen-bond donors (Lipinski definition) is 0. The van der Waals surface area contributed by atoms with Gasteiger partial charge in [0, 0.05) is 5.02 Å². The van der Waals surface area contributed by atoms with Crippen LogP contribution in [0.25, 0.3) is 0 Å². The summed E-state index contributed by atoms with van der Waals surface area (Å²) >= 11 is 18.4. The minimum absolute atomic E-state index is 0.578. The summed E-state index contributed by atoms with van der Waals surface area (Å²) in [6.07, 6.45) is 2.00. The molecule has 1 rings (SSSR count). The van der Waals surface area contributed by atoms with Crippen LogP contribution in [0.15, 0.2) is 0 Å². The fraction of sp³-hybridized carbons (Fsp3) is 0.455. The van der Waals surface area contributed by atoms with E-state index in [1.165, 1.54) is 0 Å². The molecule has 0 bridgehead atoms. The van der Waals surface area contributed by atoms with E-state index < -0.39 is 0 Å². The van der Waals surface area contributed by atoms with Gasteiger partial charge in [-0.15, -0.1) is 0 Å². The summed E-state index contributed by atoms with van der Waals surface area (Å²) in [6, 6.07) is 0. The first-order valence-corrected chi connectivity index (χ1v) is 5.76. The number of rotatable bonds is 2. The van der Waals surface area contributed by atoms with E-state index in [2.05, 4.69) is 6.92 Å². The first kappa shape index (κ1) is 12.2. The zero-order valence-electron chi connectivity index (χ0n) is 8.55. The lowest BCUT2D eigenvalue weighted by Gasteiger charge is -2.14. The lowest BCUT2D eigenvalue weighted by molar-refractivity contribution is 0.911. The highest BCUT2D eigenvalue weighted by atomic mass is 35.5. The summed E-state index contributed by atoms with van der Waals surface area (Å²) in [5.74, 6) is 0. The van der Waals surface area contributed by atoms with Gasteiger partial charge in [-0.25, -0.2) is 0 Å². The molecule has 1 aromatic rings. The van der Waals surface area contributed by atoms with Crippen LogP contribution in [0, 0.1) is 13.8 Å². The third-order valence-corrected chi connectivity index (χ3v) is 3.95. The molecule has 0 N–H and O–H groups in total. The van der Waals surface area contributed by atoms with Gasteiger partial charge >= 0.3 is 0 Å². The maximum Gasteiger partial charge on any atom is 0.0639 e. The second kappa shape index (κ2) is 4.74. The van der Waals surface area contributed by atoms with Crippen molar-refractivity contribution in [3.05, 3.63) is 31.8 Å². The Balaban J connectivity index is 3.43. The highest BCUT2D eigenvalue weighted by Crippen LogP contribution is 2.37. The topological polar surface area (TPSA) is 0 Å². The van der Waals surface area contributed by atoms with Crippen LogP contribution >= 0.6 is 34.8 Å². The third-order valence-electron chi connectivity index (χ3n) is 2.40. The first-order chi connectivity index (χ1) is 6.50. The lowest BCUT2D eigenvalue weighted by Crippen LogP contribution is -1.95. The van der Waals surface area contributed by atoms with E-state index in [-0.39, 0.29) is 0 Å². The summed E-state index contributed by atoms with van der Waals surface area (Å²) < 4.78 is 0. The zero-order chi connectivity index (χ0) is 10.9. The normalized spacial score (nSPS) is 10.7. The summed E-state index contributed by atoms with van der Waals surface area (Å²) in [7, 11) is 0. The van der Waals surface area contributed by atoms with Gasteiger partial charge in [-0.3, -0.25) is 0 Å². The highest BCUT2D eigenvalue weighted by Gasteiger charge is 2.15. The minimum Gasteiger partial charge on any atom is -0.0837 e. The fourth-order valence-electron chi connectivity index (χ4n) is 1.50. The van der Waals surface area contributed by atoms with Crippen LogP contribution in [0.2, 0.25) is 15.1 Å². The van der Waals surface area contributed by atoms with E-state index in [0.29, 0.717) is 10.0 Å². The third kappa shape index (κ3) is 2.03. The van der Waals surface area contributed by atoms with Crippen molar-refractivity contribution < 1.29 is 0 Å². The van der Waals surface area contributed by atoms with E-state index in [1.54, 1.807) is 0 Å². The molecule has 0 saturated heterocycles. The van der Waals surface area contributed by atoms with Crippen LogP contribution < -0.4 is 0 Å². The molecule has 0 spiro atoms. The fourth-order valence-corrected chi connectivity index (χ4v) is 2.37. The van der Waals surface area contributed by atoms with E-state index in [1.807, 2.05) is 13.8 Å².